The monoisotopic (exact) mass is 583 g/mol. The highest BCUT2D eigenvalue weighted by molar-refractivity contribution is 9.08. The molecule has 0 unspecified atom stereocenters. The second-order valence-corrected chi connectivity index (χ2v) is 11.6. The molecule has 2 aliphatic heterocycles. The van der Waals surface area contributed by atoms with E-state index < -0.39 is 0 Å². The summed E-state index contributed by atoms with van der Waals surface area (Å²) in [5, 5.41) is 2.72. The van der Waals surface area contributed by atoms with Crippen LogP contribution in [0.3, 0.4) is 0 Å². The molecule has 0 atom stereocenters. The van der Waals surface area contributed by atoms with E-state index in [1.807, 2.05) is 48.2 Å². The highest BCUT2D eigenvalue weighted by Gasteiger charge is 2.32. The third-order valence-corrected chi connectivity index (χ3v) is 7.68. The lowest BCUT2D eigenvalue weighted by Crippen LogP contribution is -2.31. The van der Waals surface area contributed by atoms with Crippen LogP contribution in [0.2, 0.25) is 0 Å². The van der Waals surface area contributed by atoms with Gasteiger partial charge in [0.25, 0.3) is 5.91 Å². The van der Waals surface area contributed by atoms with Gasteiger partial charge in [0.15, 0.2) is 5.78 Å². The predicted octanol–water partition coefficient (Wildman–Crippen LogP) is 4.77. The van der Waals surface area contributed by atoms with Crippen LogP contribution >= 0.6 is 16.1 Å². The molecule has 0 spiro atoms. The first kappa shape index (κ1) is 28.0. The number of amidine groups is 1. The topological polar surface area (TPSA) is 77.5 Å². The quantitative estimate of drug-likeness (QED) is 0.473. The molecule has 204 valence electrons. The van der Waals surface area contributed by atoms with Crippen molar-refractivity contribution in [3.63, 3.8) is 0 Å². The predicted molar refractivity (Wildman–Crippen MR) is 158 cm³/mol. The number of rotatable bonds is 7. The highest BCUT2D eigenvalue weighted by atomic mass is 79.9. The summed E-state index contributed by atoms with van der Waals surface area (Å²) in [6.07, 6.45) is 2.27. The van der Waals surface area contributed by atoms with Gasteiger partial charge in [-0.1, -0.05) is 20.8 Å². The molecule has 1 saturated heterocycles. The number of nitrogens with one attached hydrogen (secondary N) is 1. The number of Topliss-reactive ketones (excluding diaryl/α,β-unsaturated/α-hetero) is 1. The van der Waals surface area contributed by atoms with Crippen molar-refractivity contribution in [2.45, 2.75) is 45.6 Å². The number of carbonyl (C=O) groups is 2. The van der Waals surface area contributed by atoms with Gasteiger partial charge in [-0.05, 0) is 48.1 Å². The number of hydrogen-bond acceptors (Lipinski definition) is 6. The molecule has 0 saturated carbocycles. The fourth-order valence-electron chi connectivity index (χ4n) is 5.34. The molecule has 0 aliphatic carbocycles. The van der Waals surface area contributed by atoms with Crippen LogP contribution in [0.25, 0.3) is 0 Å². The van der Waals surface area contributed by atoms with E-state index in [4.69, 9.17) is 4.74 Å². The zero-order valence-corrected chi connectivity index (χ0v) is 25.0. The third kappa shape index (κ3) is 5.25. The molecule has 0 radical (unpaired) electrons. The van der Waals surface area contributed by atoms with E-state index in [1.54, 1.807) is 14.2 Å². The van der Waals surface area contributed by atoms with E-state index in [0.29, 0.717) is 23.5 Å². The van der Waals surface area contributed by atoms with Gasteiger partial charge in [0.05, 0.1) is 41.1 Å². The second kappa shape index (κ2) is 11.0. The molecular formula is C29H38BrN5O3. The number of benzene rings is 2. The van der Waals surface area contributed by atoms with Gasteiger partial charge in [0.1, 0.15) is 11.6 Å². The molecule has 38 heavy (non-hydrogen) atoms. The average molecular weight is 585 g/mol. The van der Waals surface area contributed by atoms with Crippen molar-refractivity contribution in [1.29, 1.82) is 0 Å². The van der Waals surface area contributed by atoms with Gasteiger partial charge in [-0.3, -0.25) is 9.59 Å². The van der Waals surface area contributed by atoms with Crippen LogP contribution in [0.1, 0.15) is 71.0 Å². The number of ether oxygens (including phenoxy) is 1. The molecule has 2 aromatic rings. The lowest BCUT2D eigenvalue weighted by atomic mass is 9.84. The van der Waals surface area contributed by atoms with E-state index >= 15 is 0 Å². The van der Waals surface area contributed by atoms with Crippen LogP contribution < -0.4 is 19.9 Å². The van der Waals surface area contributed by atoms with Crippen molar-refractivity contribution in [2.75, 3.05) is 57.7 Å². The molecule has 2 heterocycles. The van der Waals surface area contributed by atoms with Gasteiger partial charge in [0.2, 0.25) is 0 Å². The minimum Gasteiger partial charge on any atom is -0.494 e. The Balaban J connectivity index is 1.70. The normalized spacial score (nSPS) is 16.2. The van der Waals surface area contributed by atoms with Gasteiger partial charge in [0, 0.05) is 63.2 Å². The number of halogens is 1. The Hall–Kier alpha value is -3.07. The zero-order chi connectivity index (χ0) is 27.8. The maximum Gasteiger partial charge on any atom is 0.253 e. The van der Waals surface area contributed by atoms with Gasteiger partial charge in [-0.15, -0.1) is 0 Å². The van der Waals surface area contributed by atoms with Crippen molar-refractivity contribution in [3.8, 4) is 5.75 Å². The Morgan fingerprint density at radius 1 is 1.13 bits per heavy atom. The van der Waals surface area contributed by atoms with E-state index in [-0.39, 0.29) is 23.7 Å². The van der Waals surface area contributed by atoms with E-state index in [2.05, 4.69) is 51.2 Å². The van der Waals surface area contributed by atoms with E-state index in [9.17, 15) is 9.59 Å². The number of fused-ring (bicyclic) bond motifs is 1. The van der Waals surface area contributed by atoms with Crippen LogP contribution in [0, 0.1) is 0 Å². The number of nitrogens with zero attached hydrogens (tertiary/aromatic N) is 4. The molecule has 1 N–H and O–H groups in total. The molecule has 8 nitrogen and oxygen atoms in total. The number of methoxy groups -OCH3 is 1. The lowest BCUT2D eigenvalue weighted by molar-refractivity contribution is 0.0955. The van der Waals surface area contributed by atoms with Crippen molar-refractivity contribution in [3.05, 3.63) is 52.1 Å². The molecule has 2 aromatic carbocycles. The number of carbonyl (C=O) groups excluding carboxylic acids is 2. The molecule has 2 aliphatic rings. The van der Waals surface area contributed by atoms with Gasteiger partial charge in [-0.2, -0.15) is 4.02 Å². The summed E-state index contributed by atoms with van der Waals surface area (Å²) in [6.45, 7) is 9.05. The molecular weight excluding hydrogens is 546 g/mol. The Bertz CT molecular complexity index is 1280. The van der Waals surface area contributed by atoms with Crippen LogP contribution in [0.5, 0.6) is 5.75 Å². The van der Waals surface area contributed by atoms with Crippen LogP contribution in [0.4, 0.5) is 11.4 Å². The van der Waals surface area contributed by atoms with E-state index in [1.165, 1.54) is 0 Å². The van der Waals surface area contributed by atoms with Crippen molar-refractivity contribution in [2.24, 2.45) is 4.02 Å². The summed E-state index contributed by atoms with van der Waals surface area (Å²) in [6, 6.07) is 7.86. The number of hydrogen-bond donors (Lipinski definition) is 1. The molecule has 0 bridgehead atoms. The first-order valence-electron chi connectivity index (χ1n) is 13.0. The Morgan fingerprint density at radius 3 is 2.37 bits per heavy atom. The summed E-state index contributed by atoms with van der Waals surface area (Å²) >= 11 is 3.27. The van der Waals surface area contributed by atoms with Crippen LogP contribution in [-0.4, -0.2) is 70.3 Å². The molecule has 0 aromatic heterocycles. The number of ketones is 1. The van der Waals surface area contributed by atoms with Gasteiger partial charge < -0.3 is 24.8 Å². The van der Waals surface area contributed by atoms with Crippen molar-refractivity contribution in [1.82, 2.24) is 10.2 Å². The first-order chi connectivity index (χ1) is 18.0. The fraction of sp³-hybridized carbons (Fsp3) is 0.483. The van der Waals surface area contributed by atoms with Gasteiger partial charge >= 0.3 is 0 Å². The summed E-state index contributed by atoms with van der Waals surface area (Å²) in [4.78, 5) is 32.6. The Morgan fingerprint density at radius 2 is 1.82 bits per heavy atom. The standard InChI is InChI=1S/C29H38BrN5O3/c1-29(2,3)22-12-18(13-24(26(22)38-7)34-10-8-9-11-34)25(36)17-35-16-19-14-23(33(5)6)21(28(37)31-4)15-20(19)27(35)32-30/h12-15H,8-11,16-17H2,1-7H3,(H,31,37)/b32-27-. The molecule has 9 heteroatoms. The maximum atomic E-state index is 13.8. The SMILES string of the molecule is CNC(=O)c1cc2c(cc1N(C)C)CN(CC(=O)c1cc(N3CCCC3)c(OC)c(C(C)(C)C)c1)/C2=N\Br. The van der Waals surface area contributed by atoms with Crippen LogP contribution in [0.15, 0.2) is 28.3 Å². The van der Waals surface area contributed by atoms with Crippen molar-refractivity contribution >= 4 is 45.0 Å². The smallest absolute Gasteiger partial charge is 0.253 e. The van der Waals surface area contributed by atoms with E-state index in [0.717, 1.165) is 59.7 Å². The molecule has 1 amide bonds. The average Bonchev–Trinajstić information content (AvgIpc) is 3.53. The maximum absolute atomic E-state index is 13.8. The number of amides is 1. The highest BCUT2D eigenvalue weighted by Crippen LogP contribution is 2.41. The zero-order valence-electron chi connectivity index (χ0n) is 23.4. The summed E-state index contributed by atoms with van der Waals surface area (Å²) in [7, 11) is 7.16. The largest absolute Gasteiger partial charge is 0.494 e. The minimum atomic E-state index is -0.193. The summed E-state index contributed by atoms with van der Waals surface area (Å²) in [5.41, 5.74) is 5.76. The minimum absolute atomic E-state index is 0.0133. The molecule has 1 fully saturated rings. The van der Waals surface area contributed by atoms with Crippen molar-refractivity contribution < 1.29 is 14.3 Å². The molecule has 4 rings (SSSR count). The number of anilines is 2. The first-order valence-corrected chi connectivity index (χ1v) is 13.7. The summed E-state index contributed by atoms with van der Waals surface area (Å²) < 4.78 is 10.3. The second-order valence-electron chi connectivity index (χ2n) is 11.2. The van der Waals surface area contributed by atoms with Crippen LogP contribution in [-0.2, 0) is 12.0 Å². The fourth-order valence-corrected chi connectivity index (χ4v) is 5.76. The van der Waals surface area contributed by atoms with Gasteiger partial charge in [-0.25, -0.2) is 0 Å². The Labute approximate surface area is 234 Å². The Kier molecular flexibility index (Phi) is 8.06. The third-order valence-electron chi connectivity index (χ3n) is 7.34. The lowest BCUT2D eigenvalue weighted by Gasteiger charge is -2.29. The summed E-state index contributed by atoms with van der Waals surface area (Å²) in [5.74, 6) is 1.35.